The van der Waals surface area contributed by atoms with Crippen LogP contribution in [0.4, 0.5) is 0 Å². The van der Waals surface area contributed by atoms with Crippen molar-refractivity contribution in [3.8, 4) is 17.2 Å². The van der Waals surface area contributed by atoms with Gasteiger partial charge in [0.15, 0.2) is 11.5 Å². The Hall–Kier alpha value is -2.44. The molecule has 0 aliphatic rings. The fraction of sp³-hybridized carbons (Fsp3) is 0.600. The minimum Gasteiger partial charge on any atom is -0.502 e. The van der Waals surface area contributed by atoms with E-state index >= 15 is 0 Å². The topological polar surface area (TPSA) is 91.3 Å². The van der Waals surface area contributed by atoms with Gasteiger partial charge in [0.05, 0.1) is 20.8 Å². The normalized spacial score (nSPS) is 11.6. The number of carbonyl (C=O) groups excluding carboxylic acids is 2. The second-order valence-electron chi connectivity index (χ2n) is 6.29. The number of aromatic hydroxyl groups is 1. The van der Waals surface area contributed by atoms with E-state index in [2.05, 4.69) is 13.8 Å². The van der Waals surface area contributed by atoms with E-state index in [1.165, 1.54) is 26.4 Å². The van der Waals surface area contributed by atoms with E-state index in [0.29, 0.717) is 18.1 Å². The van der Waals surface area contributed by atoms with Crippen molar-refractivity contribution >= 4 is 11.9 Å². The largest absolute Gasteiger partial charge is 0.502 e. The van der Waals surface area contributed by atoms with E-state index in [4.69, 9.17) is 18.9 Å². The lowest BCUT2D eigenvalue weighted by molar-refractivity contribution is -0.156. The minimum atomic E-state index is -0.674. The summed E-state index contributed by atoms with van der Waals surface area (Å²) >= 11 is 0. The van der Waals surface area contributed by atoms with Crippen molar-refractivity contribution in [3.05, 3.63) is 17.7 Å². The molecule has 7 nitrogen and oxygen atoms in total. The molecule has 0 amide bonds. The number of rotatable bonds is 12. The van der Waals surface area contributed by atoms with Gasteiger partial charge >= 0.3 is 11.9 Å². The van der Waals surface area contributed by atoms with E-state index in [-0.39, 0.29) is 23.9 Å². The quantitative estimate of drug-likeness (QED) is 0.436. The Bertz CT molecular complexity index is 587. The molecular formula is C20H30O7. The summed E-state index contributed by atoms with van der Waals surface area (Å²) in [4.78, 5) is 23.7. The number of phenols is 1. The van der Waals surface area contributed by atoms with Gasteiger partial charge in [-0.2, -0.15) is 0 Å². The van der Waals surface area contributed by atoms with Gasteiger partial charge in [-0.1, -0.05) is 33.1 Å². The fourth-order valence-electron chi connectivity index (χ4n) is 2.52. The molecule has 0 fully saturated rings. The van der Waals surface area contributed by atoms with Gasteiger partial charge in [0.25, 0.3) is 0 Å². The fourth-order valence-corrected chi connectivity index (χ4v) is 2.52. The Balaban J connectivity index is 2.47. The van der Waals surface area contributed by atoms with E-state index < -0.39 is 18.4 Å². The maximum Gasteiger partial charge on any atom is 0.317 e. The lowest BCUT2D eigenvalue weighted by Gasteiger charge is -2.14. The van der Waals surface area contributed by atoms with Crippen molar-refractivity contribution in [2.45, 2.75) is 52.6 Å². The Morgan fingerprint density at radius 3 is 2.15 bits per heavy atom. The zero-order valence-corrected chi connectivity index (χ0v) is 16.6. The zero-order chi connectivity index (χ0) is 20.2. The standard InChI is InChI=1S/C20H30O7/c1-5-7-8-14(6-2)12-26-18(21)11-19(22)27-13-15-9-16(24-3)20(23)17(10-15)25-4/h9-10,14,23H,5-8,11-13H2,1-4H3. The van der Waals surface area contributed by atoms with E-state index in [0.717, 1.165) is 25.7 Å². The first kappa shape index (κ1) is 22.6. The summed E-state index contributed by atoms with van der Waals surface area (Å²) in [6.07, 6.45) is 3.70. The number of phenolic OH excluding ortho intramolecular Hbond substituents is 1. The van der Waals surface area contributed by atoms with Crippen LogP contribution < -0.4 is 9.47 Å². The average Bonchev–Trinajstić information content (AvgIpc) is 2.67. The SMILES string of the molecule is CCCCC(CC)COC(=O)CC(=O)OCc1cc(OC)c(O)c(OC)c1. The minimum absolute atomic E-state index is 0.0762. The molecule has 1 aromatic carbocycles. The maximum atomic E-state index is 11.9. The van der Waals surface area contributed by atoms with Crippen LogP contribution in [0.3, 0.4) is 0 Å². The molecule has 0 spiro atoms. The molecule has 0 saturated heterocycles. The number of carbonyl (C=O) groups is 2. The molecule has 27 heavy (non-hydrogen) atoms. The van der Waals surface area contributed by atoms with Crippen LogP contribution in [0, 0.1) is 5.92 Å². The Labute approximate surface area is 160 Å². The van der Waals surface area contributed by atoms with Crippen molar-refractivity contribution in [1.82, 2.24) is 0 Å². The molecule has 0 aliphatic carbocycles. The molecular weight excluding hydrogens is 352 g/mol. The molecule has 7 heteroatoms. The molecule has 0 saturated carbocycles. The number of hydrogen-bond donors (Lipinski definition) is 1. The highest BCUT2D eigenvalue weighted by Gasteiger charge is 2.16. The van der Waals surface area contributed by atoms with Crippen molar-refractivity contribution in [1.29, 1.82) is 0 Å². The van der Waals surface area contributed by atoms with Crippen LogP contribution in [-0.2, 0) is 25.7 Å². The number of esters is 2. The van der Waals surface area contributed by atoms with Gasteiger partial charge < -0.3 is 24.1 Å². The third-order valence-corrected chi connectivity index (χ3v) is 4.25. The number of benzene rings is 1. The van der Waals surface area contributed by atoms with Crippen LogP contribution in [0.25, 0.3) is 0 Å². The number of hydrogen-bond acceptors (Lipinski definition) is 7. The van der Waals surface area contributed by atoms with Gasteiger partial charge in [0.1, 0.15) is 13.0 Å². The highest BCUT2D eigenvalue weighted by molar-refractivity contribution is 5.91. The molecule has 0 aliphatic heterocycles. The predicted molar refractivity (Wildman–Crippen MR) is 99.9 cm³/mol. The summed E-state index contributed by atoms with van der Waals surface area (Å²) in [5, 5.41) is 9.87. The molecule has 1 atom stereocenters. The van der Waals surface area contributed by atoms with Crippen LogP contribution in [0.15, 0.2) is 12.1 Å². The van der Waals surface area contributed by atoms with Crippen LogP contribution in [0.5, 0.6) is 17.2 Å². The van der Waals surface area contributed by atoms with E-state index in [1.54, 1.807) is 0 Å². The monoisotopic (exact) mass is 382 g/mol. The summed E-state index contributed by atoms with van der Waals surface area (Å²) in [7, 11) is 2.81. The van der Waals surface area contributed by atoms with Crippen molar-refractivity contribution in [2.24, 2.45) is 5.92 Å². The van der Waals surface area contributed by atoms with Gasteiger partial charge in [-0.3, -0.25) is 9.59 Å². The summed E-state index contributed by atoms with van der Waals surface area (Å²) in [6, 6.07) is 3.06. The van der Waals surface area contributed by atoms with Crippen LogP contribution in [0.2, 0.25) is 0 Å². The number of ether oxygens (including phenoxy) is 4. The molecule has 1 unspecified atom stereocenters. The van der Waals surface area contributed by atoms with Crippen molar-refractivity contribution < 1.29 is 33.6 Å². The van der Waals surface area contributed by atoms with Crippen molar-refractivity contribution in [3.63, 3.8) is 0 Å². The molecule has 0 heterocycles. The Morgan fingerprint density at radius 1 is 1.04 bits per heavy atom. The number of unbranched alkanes of at least 4 members (excludes halogenated alkanes) is 1. The van der Waals surface area contributed by atoms with Crippen LogP contribution in [-0.4, -0.2) is 37.9 Å². The van der Waals surface area contributed by atoms with E-state index in [9.17, 15) is 14.7 Å². The van der Waals surface area contributed by atoms with Gasteiger partial charge in [-0.05, 0) is 30.0 Å². The molecule has 1 aromatic rings. The third-order valence-electron chi connectivity index (χ3n) is 4.25. The first-order chi connectivity index (χ1) is 12.9. The molecule has 0 radical (unpaired) electrons. The maximum absolute atomic E-state index is 11.9. The second-order valence-corrected chi connectivity index (χ2v) is 6.29. The first-order valence-corrected chi connectivity index (χ1v) is 9.20. The summed E-state index contributed by atoms with van der Waals surface area (Å²) in [5.41, 5.74) is 0.564. The number of methoxy groups -OCH3 is 2. The smallest absolute Gasteiger partial charge is 0.317 e. The first-order valence-electron chi connectivity index (χ1n) is 9.20. The molecule has 1 rings (SSSR count). The predicted octanol–water partition coefficient (Wildman–Crippen LogP) is 3.60. The zero-order valence-electron chi connectivity index (χ0n) is 16.6. The van der Waals surface area contributed by atoms with Crippen molar-refractivity contribution in [2.75, 3.05) is 20.8 Å². The van der Waals surface area contributed by atoms with Gasteiger partial charge in [-0.25, -0.2) is 0 Å². The third kappa shape index (κ3) is 7.76. The summed E-state index contributed by atoms with van der Waals surface area (Å²) < 4.78 is 20.4. The highest BCUT2D eigenvalue weighted by atomic mass is 16.6. The molecule has 152 valence electrons. The molecule has 1 N–H and O–H groups in total. The molecule has 0 bridgehead atoms. The lowest BCUT2D eigenvalue weighted by Crippen LogP contribution is -2.18. The molecule has 0 aromatic heterocycles. The van der Waals surface area contributed by atoms with Gasteiger partial charge in [-0.15, -0.1) is 0 Å². The summed E-state index contributed by atoms with van der Waals surface area (Å²) in [6.45, 7) is 4.43. The van der Waals surface area contributed by atoms with Crippen LogP contribution >= 0.6 is 0 Å². The van der Waals surface area contributed by atoms with Gasteiger partial charge in [0.2, 0.25) is 5.75 Å². The van der Waals surface area contributed by atoms with Crippen LogP contribution in [0.1, 0.15) is 51.5 Å². The highest BCUT2D eigenvalue weighted by Crippen LogP contribution is 2.37. The lowest BCUT2D eigenvalue weighted by atomic mass is 10.0. The Kier molecular flexibility index (Phi) is 10.1. The second kappa shape index (κ2) is 12.0. The van der Waals surface area contributed by atoms with E-state index in [1.807, 2.05) is 0 Å². The summed E-state index contributed by atoms with van der Waals surface area (Å²) in [5.74, 6) is -0.660. The van der Waals surface area contributed by atoms with Gasteiger partial charge in [0, 0.05) is 0 Å². The Morgan fingerprint density at radius 2 is 1.63 bits per heavy atom. The average molecular weight is 382 g/mol.